The number of hydrogen-bond acceptors (Lipinski definition) is 2. The molecule has 0 radical (unpaired) electrons. The average Bonchev–Trinajstić information content (AvgIpc) is 2.74. The molecule has 1 fully saturated rings. The van der Waals surface area contributed by atoms with Crippen LogP contribution in [0.2, 0.25) is 0 Å². The van der Waals surface area contributed by atoms with Gasteiger partial charge in [-0.2, -0.15) is 0 Å². The van der Waals surface area contributed by atoms with Gasteiger partial charge in [-0.05, 0) is 49.8 Å². The van der Waals surface area contributed by atoms with Crippen LogP contribution >= 0.6 is 0 Å². The lowest BCUT2D eigenvalue weighted by Crippen LogP contribution is -2.45. The van der Waals surface area contributed by atoms with Gasteiger partial charge in [0.1, 0.15) is 0 Å². The highest BCUT2D eigenvalue weighted by Gasteiger charge is 2.38. The van der Waals surface area contributed by atoms with Crippen LogP contribution in [0.5, 0.6) is 0 Å². The van der Waals surface area contributed by atoms with Crippen molar-refractivity contribution in [3.8, 4) is 0 Å². The van der Waals surface area contributed by atoms with Crippen LogP contribution in [0.4, 0.5) is 0 Å². The number of rotatable bonds is 3. The maximum absolute atomic E-state index is 12.3. The molecule has 2 aliphatic rings. The molecule has 2 unspecified atom stereocenters. The van der Waals surface area contributed by atoms with Gasteiger partial charge < -0.3 is 5.32 Å². The first-order valence-electron chi connectivity index (χ1n) is 6.55. The molecule has 0 amide bonds. The fourth-order valence-corrected chi connectivity index (χ4v) is 3.13. The lowest BCUT2D eigenvalue weighted by molar-refractivity contribution is -0.124. The molecule has 17 heavy (non-hydrogen) atoms. The van der Waals surface area contributed by atoms with Crippen molar-refractivity contribution in [2.75, 3.05) is 6.54 Å². The second-order valence-corrected chi connectivity index (χ2v) is 5.59. The molecule has 0 saturated carbocycles. The summed E-state index contributed by atoms with van der Waals surface area (Å²) in [5.41, 5.74) is 2.57. The number of ketones is 1. The van der Waals surface area contributed by atoms with Gasteiger partial charge in [0.2, 0.25) is 0 Å². The highest BCUT2D eigenvalue weighted by atomic mass is 16.1. The van der Waals surface area contributed by atoms with Crippen molar-refractivity contribution in [2.45, 2.75) is 44.1 Å². The molecule has 1 aliphatic carbocycles. The molecule has 0 aromatic heterocycles. The zero-order chi connectivity index (χ0) is 11.9. The SMILES string of the molecule is CC1(C(=O)CC2Cc3ccccc32)CCCN1. The maximum atomic E-state index is 12.3. The molecular weight excluding hydrogens is 210 g/mol. The van der Waals surface area contributed by atoms with Crippen LogP contribution < -0.4 is 5.32 Å². The van der Waals surface area contributed by atoms with E-state index < -0.39 is 0 Å². The number of carbonyl (C=O) groups excluding carboxylic acids is 1. The minimum absolute atomic E-state index is 0.246. The number of nitrogens with one attached hydrogen (secondary N) is 1. The highest BCUT2D eigenvalue weighted by Crippen LogP contribution is 2.38. The van der Waals surface area contributed by atoms with Crippen LogP contribution in [0.1, 0.15) is 43.2 Å². The van der Waals surface area contributed by atoms with Crippen LogP contribution in [0.15, 0.2) is 24.3 Å². The highest BCUT2D eigenvalue weighted by molar-refractivity contribution is 5.89. The smallest absolute Gasteiger partial charge is 0.153 e. The first-order chi connectivity index (χ1) is 8.19. The van der Waals surface area contributed by atoms with Crippen molar-refractivity contribution >= 4 is 5.78 Å². The number of benzene rings is 1. The first-order valence-corrected chi connectivity index (χ1v) is 6.55. The molecule has 1 saturated heterocycles. The van der Waals surface area contributed by atoms with Crippen molar-refractivity contribution in [1.82, 2.24) is 5.32 Å². The molecule has 1 aromatic rings. The predicted molar refractivity (Wildman–Crippen MR) is 68.2 cm³/mol. The Morgan fingerprint density at radius 3 is 3.00 bits per heavy atom. The summed E-state index contributed by atoms with van der Waals surface area (Å²) in [6.45, 7) is 3.05. The standard InChI is InChI=1S/C15H19NO/c1-15(7-4-8-16-15)14(17)10-12-9-11-5-2-3-6-13(11)12/h2-3,5-6,12,16H,4,7-10H2,1H3. The van der Waals surface area contributed by atoms with E-state index in [2.05, 4.69) is 36.5 Å². The Hall–Kier alpha value is -1.15. The Balaban J connectivity index is 1.68. The lowest BCUT2D eigenvalue weighted by atomic mass is 9.73. The summed E-state index contributed by atoms with van der Waals surface area (Å²) in [7, 11) is 0. The zero-order valence-electron chi connectivity index (χ0n) is 10.3. The van der Waals surface area contributed by atoms with Crippen LogP contribution in [0, 0.1) is 0 Å². The summed E-state index contributed by atoms with van der Waals surface area (Å²) in [5.74, 6) is 0.868. The maximum Gasteiger partial charge on any atom is 0.153 e. The van der Waals surface area contributed by atoms with E-state index in [1.165, 1.54) is 11.1 Å². The molecule has 1 N–H and O–H groups in total. The van der Waals surface area contributed by atoms with E-state index in [0.717, 1.165) is 25.8 Å². The summed E-state index contributed by atoms with van der Waals surface area (Å²) in [6.07, 6.45) is 3.92. The molecule has 2 atom stereocenters. The summed E-state index contributed by atoms with van der Waals surface area (Å²) in [4.78, 5) is 12.3. The van der Waals surface area contributed by atoms with Gasteiger partial charge in [0.05, 0.1) is 5.54 Å². The summed E-state index contributed by atoms with van der Waals surface area (Å²) < 4.78 is 0. The fraction of sp³-hybridized carbons (Fsp3) is 0.533. The van der Waals surface area contributed by atoms with E-state index in [4.69, 9.17) is 0 Å². The van der Waals surface area contributed by atoms with E-state index in [1.54, 1.807) is 0 Å². The van der Waals surface area contributed by atoms with Crippen LogP contribution in [-0.2, 0) is 11.2 Å². The quantitative estimate of drug-likeness (QED) is 0.862. The Morgan fingerprint density at radius 2 is 2.29 bits per heavy atom. The van der Waals surface area contributed by atoms with Crippen LogP contribution in [-0.4, -0.2) is 17.9 Å². The Bertz CT molecular complexity index is 446. The van der Waals surface area contributed by atoms with Crippen molar-refractivity contribution in [1.29, 1.82) is 0 Å². The van der Waals surface area contributed by atoms with Crippen molar-refractivity contribution in [3.05, 3.63) is 35.4 Å². The van der Waals surface area contributed by atoms with Crippen molar-refractivity contribution in [3.63, 3.8) is 0 Å². The molecule has 1 aliphatic heterocycles. The number of Topliss-reactive ketones (excluding diaryl/α,β-unsaturated/α-hetero) is 1. The van der Waals surface area contributed by atoms with Gasteiger partial charge in [-0.1, -0.05) is 24.3 Å². The molecule has 2 nitrogen and oxygen atoms in total. The second kappa shape index (κ2) is 3.95. The van der Waals surface area contributed by atoms with E-state index in [9.17, 15) is 4.79 Å². The molecule has 90 valence electrons. The first kappa shape index (κ1) is 11.0. The van der Waals surface area contributed by atoms with Gasteiger partial charge in [-0.15, -0.1) is 0 Å². The van der Waals surface area contributed by atoms with E-state index in [-0.39, 0.29) is 5.54 Å². The summed E-state index contributed by atoms with van der Waals surface area (Å²) >= 11 is 0. The fourth-order valence-electron chi connectivity index (χ4n) is 3.13. The second-order valence-electron chi connectivity index (χ2n) is 5.59. The van der Waals surface area contributed by atoms with E-state index in [1.807, 2.05) is 0 Å². The van der Waals surface area contributed by atoms with E-state index >= 15 is 0 Å². The van der Waals surface area contributed by atoms with Gasteiger partial charge in [0.15, 0.2) is 5.78 Å². The zero-order valence-corrected chi connectivity index (χ0v) is 10.3. The van der Waals surface area contributed by atoms with Crippen LogP contribution in [0.3, 0.4) is 0 Å². The topological polar surface area (TPSA) is 29.1 Å². The molecule has 0 bridgehead atoms. The Labute approximate surface area is 102 Å². The molecule has 1 aromatic carbocycles. The van der Waals surface area contributed by atoms with Crippen LogP contribution in [0.25, 0.3) is 0 Å². The van der Waals surface area contributed by atoms with Gasteiger partial charge >= 0.3 is 0 Å². The Morgan fingerprint density at radius 1 is 1.47 bits per heavy atom. The number of carbonyl (C=O) groups is 1. The minimum atomic E-state index is -0.246. The molecule has 2 heteroatoms. The minimum Gasteiger partial charge on any atom is -0.305 e. The van der Waals surface area contributed by atoms with Gasteiger partial charge in [-0.25, -0.2) is 0 Å². The molecule has 1 heterocycles. The molecule has 3 rings (SSSR count). The third kappa shape index (κ3) is 1.81. The van der Waals surface area contributed by atoms with Gasteiger partial charge in [0, 0.05) is 6.42 Å². The normalized spacial score (nSPS) is 30.8. The van der Waals surface area contributed by atoms with Gasteiger partial charge in [0.25, 0.3) is 0 Å². The lowest BCUT2D eigenvalue weighted by Gasteiger charge is -2.32. The van der Waals surface area contributed by atoms with Gasteiger partial charge in [-0.3, -0.25) is 4.79 Å². The molecular formula is C15H19NO. The third-order valence-electron chi connectivity index (χ3n) is 4.38. The number of fused-ring (bicyclic) bond motifs is 1. The Kier molecular flexibility index (Phi) is 2.55. The van der Waals surface area contributed by atoms with Crippen molar-refractivity contribution in [2.24, 2.45) is 0 Å². The molecule has 0 spiro atoms. The van der Waals surface area contributed by atoms with Crippen molar-refractivity contribution < 1.29 is 4.79 Å². The largest absolute Gasteiger partial charge is 0.305 e. The third-order valence-corrected chi connectivity index (χ3v) is 4.38. The predicted octanol–water partition coefficient (Wildman–Crippen LogP) is 2.43. The summed E-state index contributed by atoms with van der Waals surface area (Å²) in [6, 6.07) is 8.49. The summed E-state index contributed by atoms with van der Waals surface area (Å²) in [5, 5.41) is 3.36. The average molecular weight is 229 g/mol. The monoisotopic (exact) mass is 229 g/mol. The van der Waals surface area contributed by atoms with E-state index in [0.29, 0.717) is 18.1 Å². The number of hydrogen-bond donors (Lipinski definition) is 1.